The molecule has 1 aliphatic carbocycles. The second-order valence-corrected chi connectivity index (χ2v) is 4.06. The molecule has 0 aromatic heterocycles. The summed E-state index contributed by atoms with van der Waals surface area (Å²) >= 11 is 0. The fourth-order valence-corrected chi connectivity index (χ4v) is 2.04. The zero-order chi connectivity index (χ0) is 6.85. The molecule has 0 radical (unpaired) electrons. The summed E-state index contributed by atoms with van der Waals surface area (Å²) in [5.74, 6) is 0.515. The van der Waals surface area contributed by atoms with Crippen LogP contribution in [0.5, 0.6) is 0 Å². The predicted molar refractivity (Wildman–Crippen MR) is 42.5 cm³/mol. The third kappa shape index (κ3) is 1.91. The van der Waals surface area contributed by atoms with Crippen LogP contribution in [0.25, 0.3) is 0 Å². The van der Waals surface area contributed by atoms with Crippen LogP contribution >= 0.6 is 9.24 Å². The largest absolute Gasteiger partial charge is 0.393 e. The van der Waals surface area contributed by atoms with Gasteiger partial charge in [-0.3, -0.25) is 0 Å². The van der Waals surface area contributed by atoms with E-state index in [0.29, 0.717) is 5.92 Å². The summed E-state index contributed by atoms with van der Waals surface area (Å²) in [6.07, 6.45) is 3.32. The second-order valence-electron chi connectivity index (χ2n) is 3.12. The van der Waals surface area contributed by atoms with Crippen LogP contribution in [0.2, 0.25) is 0 Å². The molecule has 0 aromatic rings. The topological polar surface area (TPSA) is 20.2 Å². The Morgan fingerprint density at radius 3 is 2.56 bits per heavy atom. The minimum Gasteiger partial charge on any atom is -0.393 e. The molecule has 1 aliphatic rings. The van der Waals surface area contributed by atoms with Gasteiger partial charge in [-0.05, 0) is 30.8 Å². The average Bonchev–Trinajstić information content (AvgIpc) is 1.80. The molecular formula is C7H15OP. The van der Waals surface area contributed by atoms with Gasteiger partial charge in [-0.1, -0.05) is 6.92 Å². The van der Waals surface area contributed by atoms with E-state index in [1.165, 1.54) is 12.8 Å². The molecule has 0 saturated heterocycles. The van der Waals surface area contributed by atoms with Gasteiger partial charge >= 0.3 is 0 Å². The van der Waals surface area contributed by atoms with Crippen LogP contribution in [-0.2, 0) is 0 Å². The standard InChI is InChI=1S/C7H15OP/c1-5-4-6(9)2-3-7(5)8/h5-8H,2-4,9H2,1H3. The number of aliphatic hydroxyl groups is 1. The highest BCUT2D eigenvalue weighted by Crippen LogP contribution is 2.28. The van der Waals surface area contributed by atoms with Crippen LogP contribution in [-0.4, -0.2) is 16.9 Å². The average molecular weight is 146 g/mol. The number of hydrogen-bond acceptors (Lipinski definition) is 1. The van der Waals surface area contributed by atoms with E-state index in [-0.39, 0.29) is 6.10 Å². The summed E-state index contributed by atoms with van der Waals surface area (Å²) in [5, 5.41) is 9.29. The summed E-state index contributed by atoms with van der Waals surface area (Å²) in [4.78, 5) is 0. The summed E-state index contributed by atoms with van der Waals surface area (Å²) in [6.45, 7) is 2.13. The maximum absolute atomic E-state index is 9.29. The quantitative estimate of drug-likeness (QED) is 0.512. The van der Waals surface area contributed by atoms with Gasteiger partial charge < -0.3 is 5.11 Å². The first kappa shape index (κ1) is 7.50. The van der Waals surface area contributed by atoms with Crippen molar-refractivity contribution in [2.24, 2.45) is 5.92 Å². The first-order chi connectivity index (χ1) is 4.20. The van der Waals surface area contributed by atoms with Crippen molar-refractivity contribution in [3.63, 3.8) is 0 Å². The van der Waals surface area contributed by atoms with E-state index in [2.05, 4.69) is 16.2 Å². The molecule has 54 valence electrons. The lowest BCUT2D eigenvalue weighted by Crippen LogP contribution is -2.26. The van der Waals surface area contributed by atoms with Gasteiger partial charge in [0.2, 0.25) is 0 Å². The normalized spacial score (nSPS) is 45.0. The van der Waals surface area contributed by atoms with Gasteiger partial charge in [0.1, 0.15) is 0 Å². The van der Waals surface area contributed by atoms with Gasteiger partial charge in [0, 0.05) is 0 Å². The zero-order valence-corrected chi connectivity index (χ0v) is 7.03. The fraction of sp³-hybridized carbons (Fsp3) is 1.00. The molecule has 9 heavy (non-hydrogen) atoms. The smallest absolute Gasteiger partial charge is 0.0566 e. The summed E-state index contributed by atoms with van der Waals surface area (Å²) in [6, 6.07) is 0. The third-order valence-corrected chi connectivity index (χ3v) is 2.77. The van der Waals surface area contributed by atoms with Gasteiger partial charge in [-0.25, -0.2) is 0 Å². The highest BCUT2D eigenvalue weighted by atomic mass is 31.0. The van der Waals surface area contributed by atoms with Crippen LogP contribution in [0.3, 0.4) is 0 Å². The van der Waals surface area contributed by atoms with E-state index in [4.69, 9.17) is 0 Å². The van der Waals surface area contributed by atoms with Crippen LogP contribution in [0, 0.1) is 5.92 Å². The summed E-state index contributed by atoms with van der Waals surface area (Å²) < 4.78 is 0. The lowest BCUT2D eigenvalue weighted by Gasteiger charge is -2.28. The molecule has 1 N–H and O–H groups in total. The molecule has 1 saturated carbocycles. The maximum Gasteiger partial charge on any atom is 0.0566 e. The molecule has 0 aromatic carbocycles. The van der Waals surface area contributed by atoms with Crippen molar-refractivity contribution in [3.8, 4) is 0 Å². The van der Waals surface area contributed by atoms with E-state index in [0.717, 1.165) is 12.1 Å². The number of rotatable bonds is 0. The predicted octanol–water partition coefficient (Wildman–Crippen LogP) is 1.41. The van der Waals surface area contributed by atoms with Crippen LogP contribution in [0.4, 0.5) is 0 Å². The maximum atomic E-state index is 9.29. The van der Waals surface area contributed by atoms with Gasteiger partial charge in [0.25, 0.3) is 0 Å². The minimum absolute atomic E-state index is 0.0261. The Hall–Kier alpha value is 0.390. The molecule has 0 heterocycles. The Morgan fingerprint density at radius 2 is 2.11 bits per heavy atom. The Labute approximate surface area is 59.0 Å². The van der Waals surface area contributed by atoms with E-state index in [9.17, 15) is 5.11 Å². The molecule has 1 rings (SSSR count). The van der Waals surface area contributed by atoms with E-state index >= 15 is 0 Å². The molecule has 1 fully saturated rings. The second kappa shape index (κ2) is 2.98. The first-order valence-electron chi connectivity index (χ1n) is 3.64. The van der Waals surface area contributed by atoms with Gasteiger partial charge in [-0.15, -0.1) is 9.24 Å². The van der Waals surface area contributed by atoms with E-state index in [1.54, 1.807) is 0 Å². The Morgan fingerprint density at radius 1 is 1.44 bits per heavy atom. The monoisotopic (exact) mass is 146 g/mol. The fourth-order valence-electron chi connectivity index (χ4n) is 1.42. The molecule has 4 unspecified atom stereocenters. The number of aliphatic hydroxyl groups excluding tert-OH is 1. The Balaban J connectivity index is 2.35. The highest BCUT2D eigenvalue weighted by molar-refractivity contribution is 7.17. The van der Waals surface area contributed by atoms with Crippen molar-refractivity contribution in [3.05, 3.63) is 0 Å². The van der Waals surface area contributed by atoms with Crippen LogP contribution in [0.15, 0.2) is 0 Å². The van der Waals surface area contributed by atoms with Crippen LogP contribution in [0.1, 0.15) is 26.2 Å². The van der Waals surface area contributed by atoms with Crippen molar-refractivity contribution in [2.45, 2.75) is 37.9 Å². The molecule has 0 aliphatic heterocycles. The Kier molecular flexibility index (Phi) is 2.49. The summed E-state index contributed by atoms with van der Waals surface area (Å²) in [7, 11) is 2.83. The van der Waals surface area contributed by atoms with E-state index in [1.807, 2.05) is 0 Å². The number of hydrogen-bond donors (Lipinski definition) is 1. The molecule has 0 amide bonds. The molecule has 2 heteroatoms. The molecule has 0 bridgehead atoms. The SMILES string of the molecule is CC1CC(P)CCC1O. The summed E-state index contributed by atoms with van der Waals surface area (Å²) in [5.41, 5.74) is 0.753. The van der Waals surface area contributed by atoms with Crippen molar-refractivity contribution in [1.29, 1.82) is 0 Å². The lowest BCUT2D eigenvalue weighted by molar-refractivity contribution is 0.0814. The molecular weight excluding hydrogens is 131 g/mol. The van der Waals surface area contributed by atoms with Crippen LogP contribution < -0.4 is 0 Å². The van der Waals surface area contributed by atoms with Crippen molar-refractivity contribution < 1.29 is 5.11 Å². The molecule has 4 atom stereocenters. The van der Waals surface area contributed by atoms with Gasteiger partial charge in [0.05, 0.1) is 6.10 Å². The first-order valence-corrected chi connectivity index (χ1v) is 4.30. The molecule has 0 spiro atoms. The molecule has 1 nitrogen and oxygen atoms in total. The van der Waals surface area contributed by atoms with Gasteiger partial charge in [0.15, 0.2) is 0 Å². The van der Waals surface area contributed by atoms with Crippen molar-refractivity contribution >= 4 is 9.24 Å². The van der Waals surface area contributed by atoms with Crippen molar-refractivity contribution in [1.82, 2.24) is 0 Å². The zero-order valence-electron chi connectivity index (χ0n) is 5.88. The minimum atomic E-state index is -0.0261. The Bertz CT molecular complexity index is 94.9. The lowest BCUT2D eigenvalue weighted by atomic mass is 9.88. The van der Waals surface area contributed by atoms with Gasteiger partial charge in [-0.2, -0.15) is 0 Å². The van der Waals surface area contributed by atoms with Crippen molar-refractivity contribution in [2.75, 3.05) is 0 Å². The highest BCUT2D eigenvalue weighted by Gasteiger charge is 2.22. The van der Waals surface area contributed by atoms with E-state index < -0.39 is 0 Å². The third-order valence-electron chi connectivity index (χ3n) is 2.16.